The number of nitrogens with zero attached hydrogens (tertiary/aromatic N) is 6. The summed E-state index contributed by atoms with van der Waals surface area (Å²) >= 11 is 1.00. The Balaban J connectivity index is 0.0000204. The minimum absolute atomic E-state index is 0. The van der Waals surface area contributed by atoms with Crippen LogP contribution in [-0.4, -0.2) is 264 Å². The number of fused-ring (bicyclic) bond motifs is 1. The number of nitrogens with one attached hydrogen (secondary N) is 10. The Labute approximate surface area is 809 Å². The van der Waals surface area contributed by atoms with Crippen LogP contribution in [0.15, 0.2) is 64.9 Å². The zero-order chi connectivity index (χ0) is 102. The summed E-state index contributed by atoms with van der Waals surface area (Å²) in [6.07, 6.45) is -6.26. The average Bonchev–Trinajstić information content (AvgIpc) is 1.18. The van der Waals surface area contributed by atoms with E-state index in [0.29, 0.717) is 36.2 Å². The van der Waals surface area contributed by atoms with Gasteiger partial charge in [0.2, 0.25) is 29.6 Å². The number of aromatic amines is 1. The highest BCUT2D eigenvalue weighted by atomic mass is 33.1. The van der Waals surface area contributed by atoms with Crippen LogP contribution < -0.4 is 59.8 Å². The minimum Gasteiger partial charge on any atom is -0.508 e. The summed E-state index contributed by atoms with van der Waals surface area (Å²) in [6, 6.07) is 4.48. The van der Waals surface area contributed by atoms with Gasteiger partial charge in [0.05, 0.1) is 79.7 Å². The van der Waals surface area contributed by atoms with Gasteiger partial charge in [0.25, 0.3) is 17.4 Å². The number of ether oxygens (including phenoxy) is 3. The highest BCUT2D eigenvalue weighted by Gasteiger charge is 2.42. The number of aromatic nitrogens is 5. The predicted octanol–water partition coefficient (Wildman–Crippen LogP) is 5.24. The number of hydrogen-bond acceptors (Lipinski definition) is 34. The van der Waals surface area contributed by atoms with Crippen molar-refractivity contribution in [3.63, 3.8) is 0 Å². The third-order valence-electron chi connectivity index (χ3n) is 22.8. The molecule has 0 radical (unpaired) electrons. The molecular weight excluding hydrogens is 1870 g/mol. The lowest BCUT2D eigenvalue weighted by Crippen LogP contribution is -2.50. The second-order valence-corrected chi connectivity index (χ2v) is 37.5. The Bertz CT molecular complexity index is 5140. The number of anilines is 2. The van der Waals surface area contributed by atoms with Crippen molar-refractivity contribution in [1.29, 1.82) is 5.41 Å². The van der Waals surface area contributed by atoms with Crippen LogP contribution in [0.3, 0.4) is 0 Å². The number of carbonyl (C=O) groups is 17. The molecule has 5 aromatic rings. The van der Waals surface area contributed by atoms with Gasteiger partial charge in [-0.05, 0) is 132 Å². The zero-order valence-electron chi connectivity index (χ0n) is 77.8. The number of aliphatic hydroxyl groups excluding tert-OH is 1. The van der Waals surface area contributed by atoms with Gasteiger partial charge in [-0.2, -0.15) is 4.98 Å². The number of carboxylic acid groups (broad SMARTS) is 5. The molecule has 138 heavy (non-hydrogen) atoms. The fraction of sp³-hybridized carbons (Fsp3) is 0.562. The first-order valence-electron chi connectivity index (χ1n) is 44.9. The molecule has 1 unspecified atom stereocenters. The van der Waals surface area contributed by atoms with Crippen LogP contribution in [0.2, 0.25) is 0 Å². The number of phenolic OH excluding ortho intramolecular Hbond substituents is 1. The molecule has 46 nitrogen and oxygen atoms in total. The fourth-order valence-electron chi connectivity index (χ4n) is 15.1. The van der Waals surface area contributed by atoms with Crippen LogP contribution in [-0.2, 0) is 94.3 Å². The standard InChI is InChI=1S/C89H124N18O28S3.2H2/c1-9-14-74(120)134-45-107(84(127)60(47(5)10-2)38-69(113)65-16-11-12-28-106(65)8)66(46(3)4)40-70(135-49(7)108)83-101-64(44-136-83)81(125)97-56(32-50-17-23-58(109)24-18-50)31-48(6)77(121)104-105-89(132)133-29-30-137-138-43-54(85(128)129)35-68(112)63(39-73(118)119)100-80(124)53(37-72(116)117)34-67(111)61(15-13-27-93-87(90)91)98-79(123)52(36-71(114)115)33-59(110)25-26-62(86(130)131)99-78(122)51-19-21-55(22-20-51)94-41-57-42-95-76-75(96-57)82(126)103-88(92)102-76;;/h17-24,42,44,46-48,52-54,56,59-63,65-66,70,94,109-110H,9-16,25-41,43,45H2,1-8H3,(H,97,125)(H,98,123)(H,99,122)(H,100,124)(H,104,121)(H,105,132)(H,114,115)(H,116,117)(H,118,119)(H,128,129)(H,130,131)(H4,90,91,93)(H3,92,95,102,103,126);2*1H/t47?,48-,52-,53-,54+,56+,59-,60-,61-,62-,63+,65+,66+,70+;;/m0../s1/i;2*1+1. The molecule has 760 valence electrons. The van der Waals surface area contributed by atoms with Crippen LogP contribution in [0.5, 0.6) is 5.75 Å². The SMILES string of the molecule is CCCC(=O)OCN(C(=O)[C@@H](CC(=O)[C@H]1CCCCN1C)C(C)CC)[C@H](C[C@@H](OC(C)=O)c1nc(C(=O)N[C@@H](Cc2ccc(O)cc2)C[C@H](C)C(=O)NNC(=O)OCCSSC[C@@H](CC(=O)[C@@H](CC(=O)O)NC(=O)[C@H](CC(=O)O)CC(=O)[C@H](CCCNC(=N)N)NC(=O)[C@H](CC(=O)O)C[C@@H](O)CC[C@H](NC(=O)c2ccc(NCc3cnc4nc(N)[nH]c(=O)c4n3)cc2)C(=O)O)C(=O)O)cs1)C(C)C.[2HH].[2HH]. The van der Waals surface area contributed by atoms with Crippen LogP contribution in [0.4, 0.5) is 16.4 Å². The van der Waals surface area contributed by atoms with E-state index in [2.05, 4.69) is 67.7 Å². The second kappa shape index (κ2) is 57.2. The molecule has 4 heterocycles. The summed E-state index contributed by atoms with van der Waals surface area (Å²) in [7, 11) is 3.74. The van der Waals surface area contributed by atoms with E-state index < -0.39 is 237 Å². The van der Waals surface area contributed by atoms with Gasteiger partial charge in [0, 0.05) is 100 Å². The lowest BCUT2D eigenvalue weighted by atomic mass is 9.82. The number of carbonyl (C=O) groups excluding carboxylic acids is 12. The summed E-state index contributed by atoms with van der Waals surface area (Å²) in [6.45, 7) is 11.9. The van der Waals surface area contributed by atoms with E-state index in [9.17, 15) is 117 Å². The van der Waals surface area contributed by atoms with Gasteiger partial charge in [-0.1, -0.05) is 88.1 Å². The number of likely N-dealkylation sites (N-methyl/N-ethyl adjacent to an activating group) is 1. The van der Waals surface area contributed by atoms with Gasteiger partial charge in [-0.15, -0.1) is 11.3 Å². The van der Waals surface area contributed by atoms with Crippen molar-refractivity contribution in [2.75, 3.05) is 56.0 Å². The number of benzene rings is 2. The number of aromatic hydroxyl groups is 1. The number of hydrogen-bond donors (Lipinski definition) is 19. The number of amides is 7. The molecule has 1 saturated heterocycles. The highest BCUT2D eigenvalue weighted by Crippen LogP contribution is 2.35. The zero-order valence-corrected chi connectivity index (χ0v) is 80.2. The topological polar surface area (TPSA) is 723 Å². The van der Waals surface area contributed by atoms with Gasteiger partial charge in [0.1, 0.15) is 29.1 Å². The third-order valence-corrected chi connectivity index (χ3v) is 26.2. The number of aliphatic hydroxyl groups is 1. The van der Waals surface area contributed by atoms with E-state index in [4.69, 9.17) is 31.1 Å². The van der Waals surface area contributed by atoms with E-state index >= 15 is 4.79 Å². The van der Waals surface area contributed by atoms with Crippen molar-refractivity contribution in [2.45, 2.75) is 232 Å². The van der Waals surface area contributed by atoms with Crippen LogP contribution in [0.1, 0.15) is 217 Å². The third kappa shape index (κ3) is 38.9. The number of piperidine rings is 1. The number of phenols is 1. The van der Waals surface area contributed by atoms with Gasteiger partial charge in [0.15, 0.2) is 47.3 Å². The van der Waals surface area contributed by atoms with Crippen molar-refractivity contribution >= 4 is 162 Å². The molecule has 3 aromatic heterocycles. The Hall–Kier alpha value is -13.0. The first kappa shape index (κ1) is 114. The molecule has 49 heteroatoms. The van der Waals surface area contributed by atoms with E-state index in [1.807, 2.05) is 39.6 Å². The molecule has 1 fully saturated rings. The number of likely N-dealkylation sites (tertiary alicyclic amines) is 1. The molecule has 6 rings (SSSR count). The Morgan fingerprint density at radius 2 is 1.38 bits per heavy atom. The predicted molar refractivity (Wildman–Crippen MR) is 506 cm³/mol. The molecule has 21 N–H and O–H groups in total. The van der Waals surface area contributed by atoms with Crippen LogP contribution in [0, 0.1) is 46.8 Å². The molecular formula is C89H128N18O28S3. The lowest BCUT2D eigenvalue weighted by molar-refractivity contribution is -0.162. The number of aliphatic carboxylic acids is 5. The number of Topliss-reactive ketones (excluding diaryl/α,β-unsaturated/α-hetero) is 3. The van der Waals surface area contributed by atoms with E-state index in [-0.39, 0.29) is 142 Å². The smallest absolute Gasteiger partial charge is 0.426 e. The second-order valence-electron chi connectivity index (χ2n) is 34.0. The van der Waals surface area contributed by atoms with Crippen LogP contribution >= 0.6 is 32.9 Å². The van der Waals surface area contributed by atoms with Crippen LogP contribution in [0.25, 0.3) is 11.2 Å². The summed E-state index contributed by atoms with van der Waals surface area (Å²) in [5.74, 6) is -25.3. The highest BCUT2D eigenvalue weighted by molar-refractivity contribution is 8.76. The van der Waals surface area contributed by atoms with E-state index in [0.717, 1.165) is 52.3 Å². The number of thiazole rings is 1. The molecule has 0 saturated carbocycles. The van der Waals surface area contributed by atoms with E-state index in [1.165, 1.54) is 66.7 Å². The van der Waals surface area contributed by atoms with Gasteiger partial charge < -0.3 is 98.2 Å². The number of rotatable bonds is 61. The quantitative estimate of drug-likeness (QED) is 0.00345. The summed E-state index contributed by atoms with van der Waals surface area (Å²) < 4.78 is 16.8. The number of carboxylic acids is 5. The molecule has 1 aliphatic heterocycles. The Morgan fingerprint density at radius 3 is 2.01 bits per heavy atom. The maximum atomic E-state index is 15.1. The van der Waals surface area contributed by atoms with Gasteiger partial charge in [-0.25, -0.2) is 30.0 Å². The number of ketones is 3. The monoisotopic (exact) mass is 1990 g/mol. The van der Waals surface area contributed by atoms with Crippen molar-refractivity contribution in [3.05, 3.63) is 98.0 Å². The van der Waals surface area contributed by atoms with Crippen molar-refractivity contribution < 1.29 is 134 Å². The number of guanidine groups is 1. The average molecular weight is 2000 g/mol. The molecule has 2 aromatic carbocycles. The maximum Gasteiger partial charge on any atom is 0.426 e. The van der Waals surface area contributed by atoms with Crippen molar-refractivity contribution in [2.24, 2.45) is 47.2 Å². The fourth-order valence-corrected chi connectivity index (χ4v) is 18.1. The summed E-state index contributed by atoms with van der Waals surface area (Å²) in [4.78, 5) is 262. The Kier molecular flexibility index (Phi) is 47.2. The first-order valence-corrected chi connectivity index (χ1v) is 48.3. The molecule has 0 spiro atoms. The molecule has 7 amide bonds. The first-order chi connectivity index (χ1) is 65.3. The molecule has 14 atom stereocenters. The maximum absolute atomic E-state index is 15.1. The Morgan fingerprint density at radius 1 is 0.717 bits per heavy atom. The number of esters is 2. The minimum atomic E-state index is -2.02. The number of nitrogens with two attached hydrogens (primary N) is 2. The lowest BCUT2D eigenvalue weighted by Gasteiger charge is -2.39. The number of hydrazine groups is 1. The molecule has 0 bridgehead atoms. The van der Waals surface area contributed by atoms with Gasteiger partial charge >= 0.3 is 47.9 Å². The largest absolute Gasteiger partial charge is 0.508 e. The van der Waals surface area contributed by atoms with E-state index in [1.54, 1.807) is 19.1 Å². The summed E-state index contributed by atoms with van der Waals surface area (Å²) in [5.41, 5.74) is 16.1. The molecule has 0 aliphatic carbocycles. The van der Waals surface area contributed by atoms with Crippen molar-refractivity contribution in [3.8, 4) is 5.75 Å². The number of nitrogen functional groups attached to an aromatic ring is 1. The van der Waals surface area contributed by atoms with Gasteiger partial charge in [-0.3, -0.25) is 97.4 Å². The molecule has 1 aliphatic rings. The summed E-state index contributed by atoms with van der Waals surface area (Å²) in [5, 5.41) is 95.7. The van der Waals surface area contributed by atoms with Crippen molar-refractivity contribution in [1.82, 2.24) is 72.2 Å². The number of H-pyrrole nitrogens is 1. The normalized spacial score (nSPS) is 15.4.